The first kappa shape index (κ1) is 21.5. The summed E-state index contributed by atoms with van der Waals surface area (Å²) < 4.78 is 38.8. The lowest BCUT2D eigenvalue weighted by Crippen LogP contribution is -2.42. The normalized spacial score (nSPS) is 12.2. The SMILES string of the molecule is Cc1ccccc1[C@@H](NC(=O)CN(c1ccc(F)cc1)S(C)(=O)=O)c1ccccc1. The predicted octanol–water partition coefficient (Wildman–Crippen LogP) is 3.81. The highest BCUT2D eigenvalue weighted by Gasteiger charge is 2.24. The van der Waals surface area contributed by atoms with Crippen LogP contribution in [-0.2, 0) is 14.8 Å². The van der Waals surface area contributed by atoms with Gasteiger partial charge in [-0.25, -0.2) is 12.8 Å². The van der Waals surface area contributed by atoms with Crippen LogP contribution in [0.5, 0.6) is 0 Å². The maximum atomic E-state index is 13.2. The number of hydrogen-bond acceptors (Lipinski definition) is 3. The van der Waals surface area contributed by atoms with Crippen molar-refractivity contribution in [3.05, 3.63) is 101 Å². The summed E-state index contributed by atoms with van der Waals surface area (Å²) in [5, 5.41) is 2.96. The smallest absolute Gasteiger partial charge is 0.241 e. The van der Waals surface area contributed by atoms with Crippen LogP contribution in [-0.4, -0.2) is 27.1 Å². The number of amides is 1. The van der Waals surface area contributed by atoms with Crippen molar-refractivity contribution < 1.29 is 17.6 Å². The number of sulfonamides is 1. The van der Waals surface area contributed by atoms with E-state index in [4.69, 9.17) is 0 Å². The van der Waals surface area contributed by atoms with Gasteiger partial charge in [-0.15, -0.1) is 0 Å². The van der Waals surface area contributed by atoms with Crippen LogP contribution in [0.3, 0.4) is 0 Å². The van der Waals surface area contributed by atoms with Crippen molar-refractivity contribution in [3.63, 3.8) is 0 Å². The van der Waals surface area contributed by atoms with Crippen molar-refractivity contribution >= 4 is 21.6 Å². The minimum absolute atomic E-state index is 0.223. The molecule has 0 saturated heterocycles. The molecule has 0 heterocycles. The molecule has 0 fully saturated rings. The monoisotopic (exact) mass is 426 g/mol. The molecule has 0 unspecified atom stereocenters. The number of benzene rings is 3. The highest BCUT2D eigenvalue weighted by Crippen LogP contribution is 2.25. The van der Waals surface area contributed by atoms with Crippen LogP contribution in [0.4, 0.5) is 10.1 Å². The van der Waals surface area contributed by atoms with E-state index in [1.807, 2.05) is 61.5 Å². The molecule has 1 atom stereocenters. The highest BCUT2D eigenvalue weighted by molar-refractivity contribution is 7.92. The number of rotatable bonds is 7. The summed E-state index contributed by atoms with van der Waals surface area (Å²) in [6.07, 6.45) is 1.01. The Morgan fingerprint density at radius 1 is 0.967 bits per heavy atom. The average Bonchev–Trinajstić information content (AvgIpc) is 2.71. The quantitative estimate of drug-likeness (QED) is 0.625. The molecule has 1 N–H and O–H groups in total. The van der Waals surface area contributed by atoms with Crippen molar-refractivity contribution in [2.24, 2.45) is 0 Å². The Balaban J connectivity index is 1.90. The Labute approximate surface area is 176 Å². The van der Waals surface area contributed by atoms with E-state index in [0.717, 1.165) is 39.4 Å². The molecular formula is C23H23FN2O3S. The number of aryl methyl sites for hydroxylation is 1. The van der Waals surface area contributed by atoms with E-state index in [2.05, 4.69) is 5.32 Å². The molecule has 0 radical (unpaired) electrons. The van der Waals surface area contributed by atoms with Crippen molar-refractivity contribution in [2.75, 3.05) is 17.1 Å². The maximum Gasteiger partial charge on any atom is 0.241 e. The third-order valence-electron chi connectivity index (χ3n) is 4.74. The van der Waals surface area contributed by atoms with Gasteiger partial charge in [0.15, 0.2) is 0 Å². The summed E-state index contributed by atoms with van der Waals surface area (Å²) in [6.45, 7) is 1.54. The minimum atomic E-state index is -3.75. The fourth-order valence-electron chi connectivity index (χ4n) is 3.24. The maximum absolute atomic E-state index is 13.2. The molecule has 156 valence electrons. The summed E-state index contributed by atoms with van der Waals surface area (Å²) in [5.41, 5.74) is 3.03. The largest absolute Gasteiger partial charge is 0.344 e. The number of anilines is 1. The number of nitrogens with zero attached hydrogens (tertiary/aromatic N) is 1. The second-order valence-electron chi connectivity index (χ2n) is 7.01. The first-order chi connectivity index (χ1) is 14.3. The minimum Gasteiger partial charge on any atom is -0.344 e. The third kappa shape index (κ3) is 5.24. The first-order valence-corrected chi connectivity index (χ1v) is 11.2. The van der Waals surface area contributed by atoms with E-state index in [0.29, 0.717) is 0 Å². The molecule has 30 heavy (non-hydrogen) atoms. The van der Waals surface area contributed by atoms with Crippen LogP contribution in [0.15, 0.2) is 78.9 Å². The summed E-state index contributed by atoms with van der Waals surface area (Å²) in [6, 6.07) is 21.7. The molecule has 3 aromatic rings. The Kier molecular flexibility index (Phi) is 6.52. The van der Waals surface area contributed by atoms with Gasteiger partial charge < -0.3 is 5.32 Å². The number of hydrogen-bond donors (Lipinski definition) is 1. The topological polar surface area (TPSA) is 66.5 Å². The van der Waals surface area contributed by atoms with Crippen LogP contribution < -0.4 is 9.62 Å². The van der Waals surface area contributed by atoms with Crippen LogP contribution in [0.2, 0.25) is 0 Å². The van der Waals surface area contributed by atoms with E-state index in [1.165, 1.54) is 12.1 Å². The van der Waals surface area contributed by atoms with Gasteiger partial charge in [0.2, 0.25) is 15.9 Å². The van der Waals surface area contributed by atoms with E-state index in [-0.39, 0.29) is 5.69 Å². The van der Waals surface area contributed by atoms with E-state index >= 15 is 0 Å². The van der Waals surface area contributed by atoms with Crippen LogP contribution in [0.25, 0.3) is 0 Å². The van der Waals surface area contributed by atoms with Crippen molar-refractivity contribution in [1.82, 2.24) is 5.32 Å². The molecule has 0 spiro atoms. The first-order valence-electron chi connectivity index (χ1n) is 9.39. The van der Waals surface area contributed by atoms with Crippen molar-refractivity contribution in [2.45, 2.75) is 13.0 Å². The zero-order chi connectivity index (χ0) is 21.7. The Morgan fingerprint density at radius 2 is 1.57 bits per heavy atom. The van der Waals surface area contributed by atoms with Gasteiger partial charge in [-0.05, 0) is 47.9 Å². The number of carbonyl (C=O) groups excluding carboxylic acids is 1. The predicted molar refractivity (Wildman–Crippen MR) is 116 cm³/mol. The second kappa shape index (κ2) is 9.09. The van der Waals surface area contributed by atoms with Crippen LogP contribution >= 0.6 is 0 Å². The van der Waals surface area contributed by atoms with Gasteiger partial charge in [-0.2, -0.15) is 0 Å². The molecule has 0 saturated carbocycles. The van der Waals surface area contributed by atoms with Gasteiger partial charge in [0, 0.05) is 0 Å². The van der Waals surface area contributed by atoms with Gasteiger partial charge in [0.05, 0.1) is 18.0 Å². The highest BCUT2D eigenvalue weighted by atomic mass is 32.2. The Hall–Kier alpha value is -3.19. The summed E-state index contributed by atoms with van der Waals surface area (Å²) in [7, 11) is -3.75. The molecule has 7 heteroatoms. The lowest BCUT2D eigenvalue weighted by molar-refractivity contribution is -0.120. The van der Waals surface area contributed by atoms with Crippen LogP contribution in [0, 0.1) is 12.7 Å². The van der Waals surface area contributed by atoms with Crippen molar-refractivity contribution in [1.29, 1.82) is 0 Å². The summed E-state index contributed by atoms with van der Waals surface area (Å²) >= 11 is 0. The lowest BCUT2D eigenvalue weighted by atomic mass is 9.95. The molecule has 1 amide bonds. The zero-order valence-corrected chi connectivity index (χ0v) is 17.6. The summed E-state index contributed by atoms with van der Waals surface area (Å²) in [5.74, 6) is -0.956. The number of halogens is 1. The molecule has 0 aliphatic heterocycles. The molecule has 0 aliphatic carbocycles. The Morgan fingerprint density at radius 3 is 2.17 bits per heavy atom. The van der Waals surface area contributed by atoms with Gasteiger partial charge in [-0.1, -0.05) is 54.6 Å². The van der Waals surface area contributed by atoms with E-state index in [1.54, 1.807) is 0 Å². The van der Waals surface area contributed by atoms with Gasteiger partial charge in [-0.3, -0.25) is 9.10 Å². The van der Waals surface area contributed by atoms with Gasteiger partial charge in [0.1, 0.15) is 12.4 Å². The average molecular weight is 427 g/mol. The van der Waals surface area contributed by atoms with Crippen molar-refractivity contribution in [3.8, 4) is 0 Å². The second-order valence-corrected chi connectivity index (χ2v) is 8.92. The summed E-state index contributed by atoms with van der Waals surface area (Å²) in [4.78, 5) is 12.9. The molecule has 5 nitrogen and oxygen atoms in total. The van der Waals surface area contributed by atoms with Gasteiger partial charge in [0.25, 0.3) is 0 Å². The molecular weight excluding hydrogens is 403 g/mol. The number of nitrogens with one attached hydrogen (secondary N) is 1. The molecule has 3 rings (SSSR count). The number of carbonyl (C=O) groups is 1. The molecule has 0 bridgehead atoms. The lowest BCUT2D eigenvalue weighted by Gasteiger charge is -2.25. The molecule has 0 aromatic heterocycles. The van der Waals surface area contributed by atoms with Crippen LogP contribution in [0.1, 0.15) is 22.7 Å². The Bertz CT molecular complexity index is 1120. The third-order valence-corrected chi connectivity index (χ3v) is 5.88. The van der Waals surface area contributed by atoms with E-state index < -0.39 is 34.3 Å². The van der Waals surface area contributed by atoms with Gasteiger partial charge >= 0.3 is 0 Å². The van der Waals surface area contributed by atoms with E-state index in [9.17, 15) is 17.6 Å². The molecule has 0 aliphatic rings. The zero-order valence-electron chi connectivity index (χ0n) is 16.7. The molecule has 3 aromatic carbocycles. The fraction of sp³-hybridized carbons (Fsp3) is 0.174. The fourth-order valence-corrected chi connectivity index (χ4v) is 4.10. The standard InChI is InChI=1S/C23H23FN2O3S/c1-17-8-6-7-11-21(17)23(18-9-4-3-5-10-18)25-22(27)16-26(30(2,28)29)20-14-12-19(24)13-15-20/h3-15,23H,16H2,1-2H3,(H,25,27)/t23-/m0/s1.